The lowest BCUT2D eigenvalue weighted by atomic mass is 10.0. The maximum absolute atomic E-state index is 13.2. The van der Waals surface area contributed by atoms with Gasteiger partial charge in [-0.2, -0.15) is 11.8 Å². The fourth-order valence-electron chi connectivity index (χ4n) is 2.48. The van der Waals surface area contributed by atoms with Crippen molar-refractivity contribution in [2.45, 2.75) is 25.3 Å². The van der Waals surface area contributed by atoms with Crippen molar-refractivity contribution in [2.24, 2.45) is 0 Å². The molecule has 2 atom stereocenters. The SMILES string of the molecule is C[C@H](CNC(=O)CN(C)[C@@H]1CCSC1)c1ccc(F)c(F)c1. The first-order chi connectivity index (χ1) is 10.5. The average molecular weight is 328 g/mol. The lowest BCUT2D eigenvalue weighted by Crippen LogP contribution is -2.41. The minimum absolute atomic E-state index is 0.0335. The van der Waals surface area contributed by atoms with Crippen molar-refractivity contribution in [1.82, 2.24) is 10.2 Å². The zero-order valence-electron chi connectivity index (χ0n) is 12.9. The topological polar surface area (TPSA) is 32.3 Å². The number of halogens is 2. The number of carbonyl (C=O) groups is 1. The number of thioether (sulfide) groups is 1. The Hall–Kier alpha value is -1.14. The third-order valence-electron chi connectivity index (χ3n) is 4.04. The lowest BCUT2D eigenvalue weighted by Gasteiger charge is -2.23. The van der Waals surface area contributed by atoms with Crippen LogP contribution in [0.2, 0.25) is 0 Å². The largest absolute Gasteiger partial charge is 0.354 e. The molecule has 1 aliphatic heterocycles. The first-order valence-electron chi connectivity index (χ1n) is 7.47. The third kappa shape index (κ3) is 4.68. The van der Waals surface area contributed by atoms with Crippen molar-refractivity contribution in [1.29, 1.82) is 0 Å². The van der Waals surface area contributed by atoms with Crippen molar-refractivity contribution >= 4 is 17.7 Å². The number of rotatable bonds is 6. The Labute approximate surface area is 134 Å². The van der Waals surface area contributed by atoms with Crippen molar-refractivity contribution in [2.75, 3.05) is 31.6 Å². The zero-order valence-corrected chi connectivity index (χ0v) is 13.8. The average Bonchev–Trinajstić information content (AvgIpc) is 3.02. The molecule has 1 saturated heterocycles. The quantitative estimate of drug-likeness (QED) is 0.871. The molecule has 1 heterocycles. The summed E-state index contributed by atoms with van der Waals surface area (Å²) in [5.41, 5.74) is 0.680. The molecule has 1 aromatic carbocycles. The number of benzene rings is 1. The number of likely N-dealkylation sites (N-methyl/N-ethyl adjacent to an activating group) is 1. The van der Waals surface area contributed by atoms with Crippen LogP contribution in [0.3, 0.4) is 0 Å². The van der Waals surface area contributed by atoms with E-state index in [9.17, 15) is 13.6 Å². The molecule has 0 radical (unpaired) electrons. The van der Waals surface area contributed by atoms with Crippen molar-refractivity contribution in [3.8, 4) is 0 Å². The summed E-state index contributed by atoms with van der Waals surface area (Å²) in [4.78, 5) is 14.1. The molecule has 22 heavy (non-hydrogen) atoms. The first kappa shape index (κ1) is 17.2. The molecule has 0 bridgehead atoms. The summed E-state index contributed by atoms with van der Waals surface area (Å²) in [5, 5.41) is 2.87. The Morgan fingerprint density at radius 1 is 1.45 bits per heavy atom. The molecule has 2 rings (SSSR count). The summed E-state index contributed by atoms with van der Waals surface area (Å²) >= 11 is 1.92. The Morgan fingerprint density at radius 3 is 2.86 bits per heavy atom. The molecule has 1 N–H and O–H groups in total. The van der Waals surface area contributed by atoms with Crippen molar-refractivity contribution in [3.05, 3.63) is 35.4 Å². The van der Waals surface area contributed by atoms with E-state index in [0.29, 0.717) is 24.7 Å². The van der Waals surface area contributed by atoms with Gasteiger partial charge in [-0.05, 0) is 42.8 Å². The molecule has 0 spiro atoms. The number of carbonyl (C=O) groups excluding carboxylic acids is 1. The van der Waals surface area contributed by atoms with Gasteiger partial charge in [-0.3, -0.25) is 9.69 Å². The monoisotopic (exact) mass is 328 g/mol. The fourth-order valence-corrected chi connectivity index (χ4v) is 3.78. The molecular formula is C16H22F2N2OS. The number of hydrogen-bond donors (Lipinski definition) is 1. The third-order valence-corrected chi connectivity index (χ3v) is 5.18. The highest BCUT2D eigenvalue weighted by molar-refractivity contribution is 7.99. The predicted octanol–water partition coefficient (Wildman–Crippen LogP) is 2.62. The van der Waals surface area contributed by atoms with Crippen LogP contribution in [0.25, 0.3) is 0 Å². The van der Waals surface area contributed by atoms with Gasteiger partial charge in [0.1, 0.15) is 0 Å². The maximum Gasteiger partial charge on any atom is 0.234 e. The fraction of sp³-hybridized carbons (Fsp3) is 0.562. The van der Waals surface area contributed by atoms with Crippen molar-refractivity contribution < 1.29 is 13.6 Å². The lowest BCUT2D eigenvalue weighted by molar-refractivity contribution is -0.122. The summed E-state index contributed by atoms with van der Waals surface area (Å²) in [7, 11) is 1.97. The standard InChI is InChI=1S/C16H22F2N2OS/c1-11(12-3-4-14(17)15(18)7-12)8-19-16(21)9-20(2)13-5-6-22-10-13/h3-4,7,11,13H,5-6,8-10H2,1-2H3,(H,19,21)/t11-,13-/m1/s1. The number of nitrogens with zero attached hydrogens (tertiary/aromatic N) is 1. The Balaban J connectivity index is 1.78. The predicted molar refractivity (Wildman–Crippen MR) is 86.1 cm³/mol. The van der Waals surface area contributed by atoms with Gasteiger partial charge in [-0.25, -0.2) is 8.78 Å². The van der Waals surface area contributed by atoms with Crippen LogP contribution in [0, 0.1) is 11.6 Å². The van der Waals surface area contributed by atoms with Gasteiger partial charge in [0, 0.05) is 18.3 Å². The number of hydrogen-bond acceptors (Lipinski definition) is 3. The molecule has 1 aliphatic rings. The number of nitrogens with one attached hydrogen (secondary N) is 1. The van der Waals surface area contributed by atoms with Gasteiger partial charge in [0.05, 0.1) is 6.54 Å². The molecule has 0 aromatic heterocycles. The van der Waals surface area contributed by atoms with E-state index in [-0.39, 0.29) is 11.8 Å². The number of amides is 1. The minimum atomic E-state index is -0.853. The summed E-state index contributed by atoms with van der Waals surface area (Å²) < 4.78 is 26.1. The minimum Gasteiger partial charge on any atom is -0.354 e. The Bertz CT molecular complexity index is 521. The highest BCUT2D eigenvalue weighted by Crippen LogP contribution is 2.21. The molecule has 122 valence electrons. The second kappa shape index (κ2) is 7.92. The Kier molecular flexibility index (Phi) is 6.20. The molecule has 0 saturated carbocycles. The molecule has 0 unspecified atom stereocenters. The molecule has 1 fully saturated rings. The molecule has 0 aliphatic carbocycles. The molecular weight excluding hydrogens is 306 g/mol. The molecule has 1 amide bonds. The maximum atomic E-state index is 13.2. The van der Waals surface area contributed by atoms with Crippen LogP contribution < -0.4 is 5.32 Å². The summed E-state index contributed by atoms with van der Waals surface area (Å²) in [6, 6.07) is 4.33. The van der Waals surface area contributed by atoms with E-state index in [4.69, 9.17) is 0 Å². The second-order valence-electron chi connectivity index (χ2n) is 5.81. The van der Waals surface area contributed by atoms with Gasteiger partial charge in [0.2, 0.25) is 5.91 Å². The highest BCUT2D eigenvalue weighted by Gasteiger charge is 2.21. The van der Waals surface area contributed by atoms with Crippen LogP contribution in [-0.2, 0) is 4.79 Å². The van der Waals surface area contributed by atoms with E-state index in [2.05, 4.69) is 10.2 Å². The first-order valence-corrected chi connectivity index (χ1v) is 8.62. The van der Waals surface area contributed by atoms with Gasteiger partial charge < -0.3 is 5.32 Å². The van der Waals surface area contributed by atoms with Crippen LogP contribution in [0.4, 0.5) is 8.78 Å². The highest BCUT2D eigenvalue weighted by atomic mass is 32.2. The molecule has 6 heteroatoms. The van der Waals surface area contributed by atoms with Crippen LogP contribution in [0.15, 0.2) is 18.2 Å². The summed E-state index contributed by atoms with van der Waals surface area (Å²) in [6.45, 7) is 2.66. The van der Waals surface area contributed by atoms with E-state index in [1.54, 1.807) is 6.07 Å². The molecule has 1 aromatic rings. The zero-order chi connectivity index (χ0) is 16.1. The van der Waals surface area contributed by atoms with Gasteiger partial charge in [-0.15, -0.1) is 0 Å². The summed E-state index contributed by atoms with van der Waals surface area (Å²) in [6.07, 6.45) is 1.12. The van der Waals surface area contributed by atoms with Gasteiger partial charge in [0.15, 0.2) is 11.6 Å². The Morgan fingerprint density at radius 2 is 2.23 bits per heavy atom. The van der Waals surface area contributed by atoms with Crippen LogP contribution >= 0.6 is 11.8 Å². The van der Waals surface area contributed by atoms with E-state index in [0.717, 1.165) is 24.0 Å². The van der Waals surface area contributed by atoms with Crippen LogP contribution in [0.1, 0.15) is 24.8 Å². The van der Waals surface area contributed by atoms with E-state index in [1.807, 2.05) is 25.7 Å². The second-order valence-corrected chi connectivity index (χ2v) is 6.96. The van der Waals surface area contributed by atoms with Gasteiger partial charge in [0.25, 0.3) is 0 Å². The summed E-state index contributed by atoms with van der Waals surface area (Å²) in [5.74, 6) is 0.434. The van der Waals surface area contributed by atoms with E-state index >= 15 is 0 Å². The van der Waals surface area contributed by atoms with E-state index in [1.165, 1.54) is 6.07 Å². The van der Waals surface area contributed by atoms with Crippen LogP contribution in [-0.4, -0.2) is 48.5 Å². The van der Waals surface area contributed by atoms with Gasteiger partial charge in [-0.1, -0.05) is 13.0 Å². The molecule has 3 nitrogen and oxygen atoms in total. The van der Waals surface area contributed by atoms with E-state index < -0.39 is 11.6 Å². The van der Waals surface area contributed by atoms with Crippen molar-refractivity contribution in [3.63, 3.8) is 0 Å². The van der Waals surface area contributed by atoms with Gasteiger partial charge >= 0.3 is 0 Å². The van der Waals surface area contributed by atoms with Crippen LogP contribution in [0.5, 0.6) is 0 Å². The smallest absolute Gasteiger partial charge is 0.234 e. The normalized spacial score (nSPS) is 19.4.